The van der Waals surface area contributed by atoms with Crippen LogP contribution in [-0.2, 0) is 0 Å². The molecule has 0 nitrogen and oxygen atoms in total. The van der Waals surface area contributed by atoms with Crippen molar-refractivity contribution in [2.45, 2.75) is 19.8 Å². The Bertz CT molecular complexity index is 236. The molecule has 12 heavy (non-hydrogen) atoms. The van der Waals surface area contributed by atoms with Crippen molar-refractivity contribution in [2.75, 3.05) is 0 Å². The highest BCUT2D eigenvalue weighted by atomic mass is 127. The van der Waals surface area contributed by atoms with E-state index in [-0.39, 0.29) is 0 Å². The number of halogens is 2. The van der Waals surface area contributed by atoms with Crippen LogP contribution in [0.2, 0.25) is 0 Å². The van der Waals surface area contributed by atoms with Crippen molar-refractivity contribution in [1.82, 2.24) is 0 Å². The van der Waals surface area contributed by atoms with Gasteiger partial charge in [-0.05, 0) is 75.7 Å². The minimum atomic E-state index is 1.18. The third kappa shape index (κ3) is 2.87. The van der Waals surface area contributed by atoms with Crippen LogP contribution in [-0.4, -0.2) is 0 Å². The number of unbranched alkanes of at least 4 members (excludes halogenated alkanes) is 1. The molecule has 1 aromatic rings. The first kappa shape index (κ1) is 10.8. The zero-order valence-electron chi connectivity index (χ0n) is 6.98. The topological polar surface area (TPSA) is 0 Å². The molecule has 0 saturated heterocycles. The first-order valence-corrected chi connectivity index (χ1v) is 6.18. The standard InChI is InChI=1S/C10H11I2/c1-2-3-5-8-9(11)6-4-7-10(8)12/h4-7H,2-3H2,1H3. The average Bonchev–Trinajstić information content (AvgIpc) is 2.04. The summed E-state index contributed by atoms with van der Waals surface area (Å²) in [6.07, 6.45) is 4.72. The molecule has 2 heteroatoms. The van der Waals surface area contributed by atoms with Gasteiger partial charge in [0.05, 0.1) is 0 Å². The lowest BCUT2D eigenvalue weighted by Crippen LogP contribution is -1.90. The summed E-state index contributed by atoms with van der Waals surface area (Å²) in [6, 6.07) is 6.42. The van der Waals surface area contributed by atoms with E-state index < -0.39 is 0 Å². The maximum absolute atomic E-state index is 2.39. The molecule has 1 rings (SSSR count). The Hall–Kier alpha value is 0.680. The zero-order chi connectivity index (χ0) is 8.97. The van der Waals surface area contributed by atoms with Gasteiger partial charge in [0.15, 0.2) is 0 Å². The molecule has 1 aromatic carbocycles. The average molecular weight is 385 g/mol. The number of hydrogen-bond donors (Lipinski definition) is 0. The summed E-state index contributed by atoms with van der Waals surface area (Å²) >= 11 is 4.78. The smallest absolute Gasteiger partial charge is 0.0175 e. The van der Waals surface area contributed by atoms with Gasteiger partial charge >= 0.3 is 0 Å². The molecule has 0 fully saturated rings. The zero-order valence-corrected chi connectivity index (χ0v) is 11.3. The van der Waals surface area contributed by atoms with Crippen molar-refractivity contribution >= 4 is 45.2 Å². The van der Waals surface area contributed by atoms with E-state index in [2.05, 4.69) is 76.7 Å². The summed E-state index contributed by atoms with van der Waals surface area (Å²) in [7, 11) is 0. The third-order valence-corrected chi connectivity index (χ3v) is 3.52. The van der Waals surface area contributed by atoms with Gasteiger partial charge in [0.25, 0.3) is 0 Å². The summed E-state index contributed by atoms with van der Waals surface area (Å²) < 4.78 is 2.71. The summed E-state index contributed by atoms with van der Waals surface area (Å²) in [5, 5.41) is 0. The number of rotatable bonds is 3. The fraction of sp³-hybridized carbons (Fsp3) is 0.300. The molecule has 0 unspecified atom stereocenters. The molecule has 0 aliphatic carbocycles. The lowest BCUT2D eigenvalue weighted by atomic mass is 10.1. The summed E-state index contributed by atoms with van der Waals surface area (Å²) in [6.45, 7) is 2.21. The van der Waals surface area contributed by atoms with Crippen molar-refractivity contribution < 1.29 is 0 Å². The van der Waals surface area contributed by atoms with E-state index in [1.54, 1.807) is 0 Å². The molecule has 0 aromatic heterocycles. The summed E-state index contributed by atoms with van der Waals surface area (Å²) in [4.78, 5) is 0. The molecule has 0 aliphatic rings. The molecule has 0 saturated carbocycles. The highest BCUT2D eigenvalue weighted by Gasteiger charge is 2.02. The van der Waals surface area contributed by atoms with Crippen LogP contribution in [0.15, 0.2) is 18.2 Å². The van der Waals surface area contributed by atoms with E-state index in [0.29, 0.717) is 0 Å². The van der Waals surface area contributed by atoms with E-state index >= 15 is 0 Å². The molecule has 0 N–H and O–H groups in total. The first-order chi connectivity index (χ1) is 5.75. The van der Waals surface area contributed by atoms with Gasteiger partial charge in [-0.15, -0.1) is 0 Å². The van der Waals surface area contributed by atoms with Gasteiger partial charge in [-0.1, -0.05) is 19.4 Å². The van der Waals surface area contributed by atoms with Crippen molar-refractivity contribution in [2.24, 2.45) is 0 Å². The van der Waals surface area contributed by atoms with Crippen LogP contribution in [0.3, 0.4) is 0 Å². The Morgan fingerprint density at radius 2 is 1.83 bits per heavy atom. The van der Waals surface area contributed by atoms with Crippen LogP contribution in [0, 0.1) is 13.6 Å². The number of hydrogen-bond acceptors (Lipinski definition) is 0. The Labute approximate surface area is 101 Å². The number of benzene rings is 1. The highest BCUT2D eigenvalue weighted by Crippen LogP contribution is 2.21. The highest BCUT2D eigenvalue weighted by molar-refractivity contribution is 14.1. The summed E-state index contributed by atoms with van der Waals surface area (Å²) in [5.41, 5.74) is 1.40. The van der Waals surface area contributed by atoms with Crippen LogP contribution < -0.4 is 0 Å². The van der Waals surface area contributed by atoms with E-state index in [0.717, 1.165) is 0 Å². The molecule has 0 amide bonds. The van der Waals surface area contributed by atoms with E-state index in [1.807, 2.05) is 0 Å². The molecule has 1 radical (unpaired) electrons. The normalized spacial score (nSPS) is 10.2. The molecular formula is C10H11I2. The van der Waals surface area contributed by atoms with Crippen molar-refractivity contribution in [1.29, 1.82) is 0 Å². The quantitative estimate of drug-likeness (QED) is 0.683. The summed E-state index contributed by atoms with van der Waals surface area (Å²) in [5.74, 6) is 0. The molecular weight excluding hydrogens is 374 g/mol. The van der Waals surface area contributed by atoms with E-state index in [9.17, 15) is 0 Å². The Kier molecular flexibility index (Phi) is 4.86. The van der Waals surface area contributed by atoms with Crippen molar-refractivity contribution in [3.8, 4) is 0 Å². The van der Waals surface area contributed by atoms with E-state index in [4.69, 9.17) is 0 Å². The fourth-order valence-corrected chi connectivity index (χ4v) is 2.95. The van der Waals surface area contributed by atoms with Gasteiger partial charge in [-0.3, -0.25) is 0 Å². The predicted octanol–water partition coefficient (Wildman–Crippen LogP) is 4.25. The molecule has 0 heterocycles. The largest absolute Gasteiger partial charge is 0.0654 e. The molecule has 0 atom stereocenters. The van der Waals surface area contributed by atoms with Gasteiger partial charge in [0.2, 0.25) is 0 Å². The predicted molar refractivity (Wildman–Crippen MR) is 70.2 cm³/mol. The minimum Gasteiger partial charge on any atom is -0.0654 e. The molecule has 65 valence electrons. The molecule has 0 bridgehead atoms. The Morgan fingerprint density at radius 1 is 1.25 bits per heavy atom. The second-order valence-corrected chi connectivity index (χ2v) is 4.95. The van der Waals surface area contributed by atoms with Crippen molar-refractivity contribution in [3.05, 3.63) is 37.3 Å². The minimum absolute atomic E-state index is 1.18. The van der Waals surface area contributed by atoms with Crippen LogP contribution >= 0.6 is 45.2 Å². The van der Waals surface area contributed by atoms with Gasteiger partial charge in [-0.2, -0.15) is 0 Å². The van der Waals surface area contributed by atoms with Gasteiger partial charge in [0.1, 0.15) is 0 Å². The fourth-order valence-electron chi connectivity index (χ4n) is 0.994. The van der Waals surface area contributed by atoms with E-state index in [1.165, 1.54) is 25.5 Å². The van der Waals surface area contributed by atoms with Gasteiger partial charge in [0, 0.05) is 7.14 Å². The maximum atomic E-state index is 2.39. The molecule has 0 aliphatic heterocycles. The monoisotopic (exact) mass is 385 g/mol. The van der Waals surface area contributed by atoms with Crippen LogP contribution in [0.1, 0.15) is 25.3 Å². The van der Waals surface area contributed by atoms with Gasteiger partial charge in [-0.25, -0.2) is 0 Å². The Balaban J connectivity index is 2.81. The second kappa shape index (κ2) is 5.42. The Morgan fingerprint density at radius 3 is 2.33 bits per heavy atom. The van der Waals surface area contributed by atoms with Gasteiger partial charge < -0.3 is 0 Å². The third-order valence-electron chi connectivity index (χ3n) is 1.64. The maximum Gasteiger partial charge on any atom is 0.0175 e. The van der Waals surface area contributed by atoms with Crippen LogP contribution in [0.4, 0.5) is 0 Å². The first-order valence-electron chi connectivity index (χ1n) is 4.03. The molecule has 0 spiro atoms. The second-order valence-electron chi connectivity index (χ2n) is 2.63. The van der Waals surface area contributed by atoms with Crippen LogP contribution in [0.25, 0.3) is 0 Å². The lowest BCUT2D eigenvalue weighted by molar-refractivity contribution is 0.910. The van der Waals surface area contributed by atoms with Crippen LogP contribution in [0.5, 0.6) is 0 Å². The van der Waals surface area contributed by atoms with Crippen molar-refractivity contribution in [3.63, 3.8) is 0 Å². The SMILES string of the molecule is CCC[CH]c1c(I)cccc1I. The lowest BCUT2D eigenvalue weighted by Gasteiger charge is -2.05.